The minimum absolute atomic E-state index is 0.637. The zero-order chi connectivity index (χ0) is 34.4. The molecule has 0 fully saturated rings. The average Bonchev–Trinajstić information content (AvgIpc) is 3.79. The Morgan fingerprint density at radius 1 is 0.346 bits per heavy atom. The van der Waals surface area contributed by atoms with Crippen molar-refractivity contribution in [3.8, 4) is 56.7 Å². The molecular formula is C46H30N6. The van der Waals surface area contributed by atoms with E-state index in [1.54, 1.807) is 0 Å². The molecule has 0 unspecified atom stereocenters. The van der Waals surface area contributed by atoms with Gasteiger partial charge in [0.05, 0.1) is 28.4 Å². The second-order valence-electron chi connectivity index (χ2n) is 12.8. The first-order valence-electron chi connectivity index (χ1n) is 17.3. The van der Waals surface area contributed by atoms with Gasteiger partial charge in [-0.1, -0.05) is 127 Å². The van der Waals surface area contributed by atoms with Gasteiger partial charge < -0.3 is 4.57 Å². The first-order valence-corrected chi connectivity index (χ1v) is 17.3. The van der Waals surface area contributed by atoms with E-state index in [-0.39, 0.29) is 0 Å². The number of aromatic nitrogens is 6. The van der Waals surface area contributed by atoms with Crippen LogP contribution in [0.15, 0.2) is 182 Å². The van der Waals surface area contributed by atoms with E-state index in [0.29, 0.717) is 17.5 Å². The van der Waals surface area contributed by atoms with Crippen molar-refractivity contribution in [2.45, 2.75) is 0 Å². The molecule has 6 nitrogen and oxygen atoms in total. The van der Waals surface area contributed by atoms with Crippen LogP contribution < -0.4 is 0 Å². The number of rotatable bonds is 6. The van der Waals surface area contributed by atoms with Gasteiger partial charge in [0.1, 0.15) is 0 Å². The molecule has 52 heavy (non-hydrogen) atoms. The lowest BCUT2D eigenvalue weighted by Gasteiger charge is -2.11. The minimum Gasteiger partial charge on any atom is -0.309 e. The fourth-order valence-corrected chi connectivity index (χ4v) is 7.12. The zero-order valence-electron chi connectivity index (χ0n) is 28.0. The number of hydrogen-bond acceptors (Lipinski definition) is 4. The van der Waals surface area contributed by atoms with Crippen molar-refractivity contribution in [2.24, 2.45) is 0 Å². The lowest BCUT2D eigenvalue weighted by molar-refractivity contribution is 0.911. The summed E-state index contributed by atoms with van der Waals surface area (Å²) in [6.07, 6.45) is 1.96. The molecule has 6 heteroatoms. The van der Waals surface area contributed by atoms with Gasteiger partial charge in [0.25, 0.3) is 0 Å². The third kappa shape index (κ3) is 5.13. The predicted octanol–water partition coefficient (Wildman–Crippen LogP) is 11.0. The van der Waals surface area contributed by atoms with Crippen LogP contribution in [-0.4, -0.2) is 29.3 Å². The van der Waals surface area contributed by atoms with E-state index in [1.807, 2.05) is 89.7 Å². The summed E-state index contributed by atoms with van der Waals surface area (Å²) < 4.78 is 4.37. The Kier molecular flexibility index (Phi) is 7.03. The van der Waals surface area contributed by atoms with E-state index in [2.05, 4.69) is 102 Å². The maximum absolute atomic E-state index is 4.95. The molecule has 10 rings (SSSR count). The summed E-state index contributed by atoms with van der Waals surface area (Å²) in [6.45, 7) is 0. The summed E-state index contributed by atoms with van der Waals surface area (Å²) in [7, 11) is 0. The number of fused-ring (bicyclic) bond motifs is 4. The Bertz CT molecular complexity index is 2820. The summed E-state index contributed by atoms with van der Waals surface area (Å²) in [4.78, 5) is 14.8. The van der Waals surface area contributed by atoms with Crippen molar-refractivity contribution in [3.05, 3.63) is 182 Å². The zero-order valence-corrected chi connectivity index (χ0v) is 28.0. The van der Waals surface area contributed by atoms with Gasteiger partial charge in [-0.25, -0.2) is 19.6 Å². The molecule has 0 saturated heterocycles. The number of para-hydroxylation sites is 2. The SMILES string of the molecule is c1ccc(-c2nc(-c3ccccc3)nc(-c3cccc(-c4ccc(-n5c6ccccc6c6cc7c(cnn7-c7ccccc7)cc65)cc4)c3)n2)cc1. The van der Waals surface area contributed by atoms with Gasteiger partial charge in [0, 0.05) is 38.5 Å². The molecule has 10 aromatic rings. The number of nitrogens with zero attached hydrogens (tertiary/aromatic N) is 6. The molecule has 0 spiro atoms. The highest BCUT2D eigenvalue weighted by Gasteiger charge is 2.17. The monoisotopic (exact) mass is 666 g/mol. The van der Waals surface area contributed by atoms with Crippen molar-refractivity contribution in [1.82, 2.24) is 29.3 Å². The lowest BCUT2D eigenvalue weighted by atomic mass is 10.0. The quantitative estimate of drug-likeness (QED) is 0.177. The Balaban J connectivity index is 1.05. The van der Waals surface area contributed by atoms with Crippen molar-refractivity contribution >= 4 is 32.7 Å². The minimum atomic E-state index is 0.637. The summed E-state index contributed by atoms with van der Waals surface area (Å²) in [5, 5.41) is 8.26. The predicted molar refractivity (Wildman–Crippen MR) is 211 cm³/mol. The highest BCUT2D eigenvalue weighted by atomic mass is 15.3. The van der Waals surface area contributed by atoms with Gasteiger partial charge in [-0.05, 0) is 59.7 Å². The summed E-state index contributed by atoms with van der Waals surface area (Å²) in [5.41, 5.74) is 10.6. The van der Waals surface area contributed by atoms with Crippen LogP contribution >= 0.6 is 0 Å². The highest BCUT2D eigenvalue weighted by molar-refractivity contribution is 6.13. The van der Waals surface area contributed by atoms with Gasteiger partial charge in [0.2, 0.25) is 0 Å². The van der Waals surface area contributed by atoms with Gasteiger partial charge in [-0.2, -0.15) is 5.10 Å². The topological polar surface area (TPSA) is 61.4 Å². The average molecular weight is 667 g/mol. The molecule has 244 valence electrons. The molecule has 0 N–H and O–H groups in total. The van der Waals surface area contributed by atoms with E-state index in [1.165, 1.54) is 10.8 Å². The van der Waals surface area contributed by atoms with Gasteiger partial charge in [-0.15, -0.1) is 0 Å². The maximum Gasteiger partial charge on any atom is 0.164 e. The molecular weight excluding hydrogens is 637 g/mol. The Morgan fingerprint density at radius 3 is 1.62 bits per heavy atom. The fourth-order valence-electron chi connectivity index (χ4n) is 7.12. The highest BCUT2D eigenvalue weighted by Crippen LogP contribution is 2.36. The van der Waals surface area contributed by atoms with Gasteiger partial charge in [-0.3, -0.25) is 0 Å². The van der Waals surface area contributed by atoms with Gasteiger partial charge in [0.15, 0.2) is 17.5 Å². The van der Waals surface area contributed by atoms with Crippen molar-refractivity contribution in [1.29, 1.82) is 0 Å². The van der Waals surface area contributed by atoms with Crippen LogP contribution in [0.2, 0.25) is 0 Å². The third-order valence-electron chi connectivity index (χ3n) is 9.64. The van der Waals surface area contributed by atoms with Crippen LogP contribution in [0.5, 0.6) is 0 Å². The molecule has 0 saturated carbocycles. The molecule has 0 bridgehead atoms. The Labute approximate surface area is 300 Å². The molecule has 3 heterocycles. The van der Waals surface area contributed by atoms with Crippen LogP contribution in [0.4, 0.5) is 0 Å². The normalized spacial score (nSPS) is 11.5. The third-order valence-corrected chi connectivity index (χ3v) is 9.64. The Hall–Kier alpha value is -7.18. The van der Waals surface area contributed by atoms with E-state index in [0.717, 1.165) is 61.1 Å². The van der Waals surface area contributed by atoms with Gasteiger partial charge >= 0.3 is 0 Å². The molecule has 0 aliphatic carbocycles. The molecule has 0 aliphatic rings. The molecule has 0 aliphatic heterocycles. The van der Waals surface area contributed by atoms with E-state index in [4.69, 9.17) is 20.1 Å². The first-order chi connectivity index (χ1) is 25.8. The summed E-state index contributed by atoms with van der Waals surface area (Å²) >= 11 is 0. The van der Waals surface area contributed by atoms with E-state index >= 15 is 0 Å². The van der Waals surface area contributed by atoms with E-state index in [9.17, 15) is 0 Å². The molecule has 0 amide bonds. The molecule has 7 aromatic carbocycles. The molecule has 0 atom stereocenters. The van der Waals surface area contributed by atoms with Crippen LogP contribution in [0.3, 0.4) is 0 Å². The van der Waals surface area contributed by atoms with Crippen molar-refractivity contribution in [3.63, 3.8) is 0 Å². The summed E-state index contributed by atoms with van der Waals surface area (Å²) in [5.74, 6) is 1.93. The molecule has 3 aromatic heterocycles. The Morgan fingerprint density at radius 2 is 0.923 bits per heavy atom. The first kappa shape index (κ1) is 29.7. The standard InChI is InChI=1S/C46H30N6/c1-4-13-32(14-5-1)44-48-45(33-15-6-2-7-16-33)50-46(49-44)35-18-12-17-34(27-35)31-23-25-37(26-24-31)51-41-22-11-10-21-39(41)40-29-42-36(28-43(40)51)30-47-52(42)38-19-8-3-9-20-38/h1-30H. The van der Waals surface area contributed by atoms with Crippen LogP contribution in [0.25, 0.3) is 89.4 Å². The fraction of sp³-hybridized carbons (Fsp3) is 0. The van der Waals surface area contributed by atoms with Crippen molar-refractivity contribution in [2.75, 3.05) is 0 Å². The number of benzene rings is 7. The van der Waals surface area contributed by atoms with Crippen LogP contribution in [0, 0.1) is 0 Å². The second-order valence-corrected chi connectivity index (χ2v) is 12.8. The van der Waals surface area contributed by atoms with Crippen molar-refractivity contribution < 1.29 is 0 Å². The second kappa shape index (κ2) is 12.3. The molecule has 0 radical (unpaired) electrons. The van der Waals surface area contributed by atoms with Crippen LogP contribution in [0.1, 0.15) is 0 Å². The lowest BCUT2D eigenvalue weighted by Crippen LogP contribution is -2.00. The number of hydrogen-bond donors (Lipinski definition) is 0. The van der Waals surface area contributed by atoms with E-state index < -0.39 is 0 Å². The largest absolute Gasteiger partial charge is 0.309 e. The van der Waals surface area contributed by atoms with Crippen LogP contribution in [-0.2, 0) is 0 Å². The maximum atomic E-state index is 4.95. The smallest absolute Gasteiger partial charge is 0.164 e. The summed E-state index contributed by atoms with van der Waals surface area (Å²) in [6, 6.07) is 60.8.